The average Bonchev–Trinajstić information content (AvgIpc) is 2.84. The van der Waals surface area contributed by atoms with Gasteiger partial charge in [-0.1, -0.05) is 80.4 Å². The number of carbonyl (C=O) groups is 2. The lowest BCUT2D eigenvalue weighted by molar-refractivity contribution is -0.140. The van der Waals surface area contributed by atoms with Crippen LogP contribution in [0.15, 0.2) is 87.8 Å². The molecule has 196 valence electrons. The molecular formula is C27H29Br2N3O4S. The van der Waals surface area contributed by atoms with Crippen molar-refractivity contribution < 1.29 is 18.0 Å². The van der Waals surface area contributed by atoms with Crippen LogP contribution in [0.5, 0.6) is 0 Å². The molecule has 1 N–H and O–H groups in total. The summed E-state index contributed by atoms with van der Waals surface area (Å²) in [6.07, 6.45) is 1.34. The SMILES string of the molecule is CCNC(=O)[C@H](Cc1ccccc1)N(Cc1cccc(Br)c1)C(=O)CN(c1cccc(Br)c1)S(C)(=O)=O. The van der Waals surface area contributed by atoms with Crippen LogP contribution in [0, 0.1) is 0 Å². The van der Waals surface area contributed by atoms with Gasteiger partial charge < -0.3 is 10.2 Å². The van der Waals surface area contributed by atoms with E-state index < -0.39 is 28.5 Å². The maximum atomic E-state index is 13.9. The molecule has 0 fully saturated rings. The van der Waals surface area contributed by atoms with E-state index in [1.807, 2.05) is 61.5 Å². The number of amides is 2. The molecule has 0 saturated heterocycles. The summed E-state index contributed by atoms with van der Waals surface area (Å²) in [6, 6.07) is 22.8. The first-order valence-electron chi connectivity index (χ1n) is 11.7. The van der Waals surface area contributed by atoms with E-state index >= 15 is 0 Å². The number of likely N-dealkylation sites (N-methyl/N-ethyl adjacent to an activating group) is 1. The normalized spacial score (nSPS) is 12.0. The summed E-state index contributed by atoms with van der Waals surface area (Å²) in [5, 5.41) is 2.84. The Kier molecular flexibility index (Phi) is 10.3. The first kappa shape index (κ1) is 28.9. The number of hydrogen-bond acceptors (Lipinski definition) is 4. The molecule has 3 aromatic carbocycles. The third kappa shape index (κ3) is 8.41. The molecule has 0 aliphatic carbocycles. The van der Waals surface area contributed by atoms with E-state index in [0.29, 0.717) is 16.7 Å². The Morgan fingerprint density at radius 1 is 0.892 bits per heavy atom. The van der Waals surface area contributed by atoms with Gasteiger partial charge in [0, 0.05) is 28.5 Å². The largest absolute Gasteiger partial charge is 0.355 e. The van der Waals surface area contributed by atoms with Gasteiger partial charge in [0.2, 0.25) is 21.8 Å². The summed E-state index contributed by atoms with van der Waals surface area (Å²) in [5.74, 6) is -0.791. The van der Waals surface area contributed by atoms with Gasteiger partial charge in [0.1, 0.15) is 12.6 Å². The summed E-state index contributed by atoms with van der Waals surface area (Å²) in [7, 11) is -3.80. The molecule has 3 rings (SSSR count). The molecule has 0 aromatic heterocycles. The number of benzene rings is 3. The van der Waals surface area contributed by atoms with E-state index in [0.717, 1.165) is 26.2 Å². The standard InChI is InChI=1S/C27H29Br2N3O4S/c1-3-30-27(34)25(16-20-9-5-4-6-10-20)31(18-21-11-7-12-22(28)15-21)26(33)19-32(37(2,35)36)24-14-8-13-23(29)17-24/h4-15,17,25H,3,16,18-19H2,1-2H3,(H,30,34)/t25-/m0/s1. The lowest BCUT2D eigenvalue weighted by Gasteiger charge is -2.33. The lowest BCUT2D eigenvalue weighted by Crippen LogP contribution is -2.53. The van der Waals surface area contributed by atoms with Crippen LogP contribution in [-0.2, 0) is 32.6 Å². The zero-order chi connectivity index (χ0) is 27.0. The molecule has 0 saturated carbocycles. The predicted octanol–water partition coefficient (Wildman–Crippen LogP) is 4.75. The summed E-state index contributed by atoms with van der Waals surface area (Å²) in [5.41, 5.74) is 2.04. The highest BCUT2D eigenvalue weighted by Gasteiger charge is 2.32. The molecule has 37 heavy (non-hydrogen) atoms. The molecule has 1 atom stereocenters. The second-order valence-corrected chi connectivity index (χ2v) is 12.2. The number of nitrogens with one attached hydrogen (secondary N) is 1. The number of nitrogens with zero attached hydrogens (tertiary/aromatic N) is 2. The summed E-state index contributed by atoms with van der Waals surface area (Å²) in [4.78, 5) is 28.7. The average molecular weight is 651 g/mol. The van der Waals surface area contributed by atoms with Crippen molar-refractivity contribution in [1.29, 1.82) is 0 Å². The Morgan fingerprint density at radius 2 is 1.51 bits per heavy atom. The van der Waals surface area contributed by atoms with Gasteiger partial charge in [-0.15, -0.1) is 0 Å². The van der Waals surface area contributed by atoms with E-state index in [-0.39, 0.29) is 18.9 Å². The van der Waals surface area contributed by atoms with Crippen LogP contribution in [-0.4, -0.2) is 50.5 Å². The molecule has 10 heteroatoms. The lowest BCUT2D eigenvalue weighted by atomic mass is 10.0. The maximum Gasteiger partial charge on any atom is 0.244 e. The van der Waals surface area contributed by atoms with Crippen molar-refractivity contribution >= 4 is 59.4 Å². The van der Waals surface area contributed by atoms with E-state index in [1.54, 1.807) is 24.3 Å². The molecule has 3 aromatic rings. The quantitative estimate of drug-likeness (QED) is 0.325. The fourth-order valence-electron chi connectivity index (χ4n) is 3.92. The van der Waals surface area contributed by atoms with Crippen molar-refractivity contribution in [3.63, 3.8) is 0 Å². The van der Waals surface area contributed by atoms with Crippen LogP contribution in [0.3, 0.4) is 0 Å². The molecule has 0 bridgehead atoms. The van der Waals surface area contributed by atoms with Crippen molar-refractivity contribution in [2.45, 2.75) is 25.9 Å². The van der Waals surface area contributed by atoms with Gasteiger partial charge in [0.15, 0.2) is 0 Å². The van der Waals surface area contributed by atoms with Crippen LogP contribution >= 0.6 is 31.9 Å². The van der Waals surface area contributed by atoms with Gasteiger partial charge in [-0.05, 0) is 48.4 Å². The highest BCUT2D eigenvalue weighted by atomic mass is 79.9. The van der Waals surface area contributed by atoms with Gasteiger partial charge in [0.25, 0.3) is 0 Å². The molecule has 0 radical (unpaired) electrons. The van der Waals surface area contributed by atoms with Gasteiger partial charge in [-0.25, -0.2) is 8.42 Å². The van der Waals surface area contributed by atoms with Crippen molar-refractivity contribution in [1.82, 2.24) is 10.2 Å². The Hall–Kier alpha value is -2.69. The molecule has 2 amide bonds. The number of anilines is 1. The highest BCUT2D eigenvalue weighted by molar-refractivity contribution is 9.10. The van der Waals surface area contributed by atoms with Crippen LogP contribution in [0.1, 0.15) is 18.1 Å². The third-order valence-corrected chi connectivity index (χ3v) is 7.77. The number of sulfonamides is 1. The minimum Gasteiger partial charge on any atom is -0.355 e. The molecule has 0 aliphatic rings. The minimum atomic E-state index is -3.80. The van der Waals surface area contributed by atoms with Crippen molar-refractivity contribution in [2.24, 2.45) is 0 Å². The molecule has 0 unspecified atom stereocenters. The second kappa shape index (κ2) is 13.2. The van der Waals surface area contributed by atoms with Gasteiger partial charge >= 0.3 is 0 Å². The van der Waals surface area contributed by atoms with E-state index in [2.05, 4.69) is 37.2 Å². The topological polar surface area (TPSA) is 86.8 Å². The molecule has 7 nitrogen and oxygen atoms in total. The predicted molar refractivity (Wildman–Crippen MR) is 154 cm³/mol. The first-order valence-corrected chi connectivity index (χ1v) is 15.1. The van der Waals surface area contributed by atoms with E-state index in [9.17, 15) is 18.0 Å². The zero-order valence-electron chi connectivity index (χ0n) is 20.6. The van der Waals surface area contributed by atoms with Crippen LogP contribution in [0.25, 0.3) is 0 Å². The molecule has 0 heterocycles. The van der Waals surface area contributed by atoms with Gasteiger partial charge in [-0.2, -0.15) is 0 Å². The van der Waals surface area contributed by atoms with Gasteiger partial charge in [-0.3, -0.25) is 13.9 Å². The minimum absolute atomic E-state index is 0.128. The highest BCUT2D eigenvalue weighted by Crippen LogP contribution is 2.24. The molecule has 0 spiro atoms. The summed E-state index contributed by atoms with van der Waals surface area (Å²) < 4.78 is 28.1. The number of carbonyl (C=O) groups excluding carboxylic acids is 2. The smallest absolute Gasteiger partial charge is 0.244 e. The Balaban J connectivity index is 2.04. The van der Waals surface area contributed by atoms with Crippen LogP contribution in [0.2, 0.25) is 0 Å². The monoisotopic (exact) mass is 649 g/mol. The molecule has 0 aliphatic heterocycles. The van der Waals surface area contributed by atoms with Crippen LogP contribution < -0.4 is 9.62 Å². The Bertz CT molecular complexity index is 1340. The van der Waals surface area contributed by atoms with Crippen molar-refractivity contribution in [3.8, 4) is 0 Å². The van der Waals surface area contributed by atoms with E-state index in [4.69, 9.17) is 0 Å². The van der Waals surface area contributed by atoms with Gasteiger partial charge in [0.05, 0.1) is 11.9 Å². The summed E-state index contributed by atoms with van der Waals surface area (Å²) in [6.45, 7) is 1.89. The van der Waals surface area contributed by atoms with Crippen molar-refractivity contribution in [2.75, 3.05) is 23.7 Å². The number of hydrogen-bond donors (Lipinski definition) is 1. The van der Waals surface area contributed by atoms with Crippen molar-refractivity contribution in [3.05, 3.63) is 98.9 Å². The Labute approximate surface area is 235 Å². The van der Waals surface area contributed by atoms with Crippen LogP contribution in [0.4, 0.5) is 5.69 Å². The molecular weight excluding hydrogens is 622 g/mol. The zero-order valence-corrected chi connectivity index (χ0v) is 24.6. The second-order valence-electron chi connectivity index (χ2n) is 8.50. The fourth-order valence-corrected chi connectivity index (χ4v) is 5.60. The Morgan fingerprint density at radius 3 is 2.11 bits per heavy atom. The summed E-state index contributed by atoms with van der Waals surface area (Å²) >= 11 is 6.83. The van der Waals surface area contributed by atoms with E-state index in [1.165, 1.54) is 4.90 Å². The maximum absolute atomic E-state index is 13.9. The first-order chi connectivity index (χ1) is 17.6. The number of rotatable bonds is 11. The third-order valence-electron chi connectivity index (χ3n) is 5.64. The fraction of sp³-hybridized carbons (Fsp3) is 0.259. The number of halogens is 2.